The van der Waals surface area contributed by atoms with Gasteiger partial charge in [0.05, 0.1) is 18.2 Å². The van der Waals surface area contributed by atoms with Crippen LogP contribution in [0.5, 0.6) is 0 Å². The van der Waals surface area contributed by atoms with E-state index in [9.17, 15) is 9.59 Å². The molecule has 0 fully saturated rings. The molecule has 0 unspecified atom stereocenters. The van der Waals surface area contributed by atoms with Crippen molar-refractivity contribution in [3.05, 3.63) is 45.0 Å². The lowest BCUT2D eigenvalue weighted by molar-refractivity contribution is 0.0602. The molecule has 1 amide bonds. The summed E-state index contributed by atoms with van der Waals surface area (Å²) >= 11 is 4.58. The fraction of sp³-hybridized carbons (Fsp3) is 0.154. The number of thiophene rings is 1. The predicted octanol–water partition coefficient (Wildman–Crippen LogP) is 3.25. The molecule has 20 heavy (non-hydrogen) atoms. The highest BCUT2D eigenvalue weighted by molar-refractivity contribution is 9.10. The molecule has 0 atom stereocenters. The van der Waals surface area contributed by atoms with Gasteiger partial charge < -0.3 is 10.1 Å². The van der Waals surface area contributed by atoms with Crippen LogP contribution in [-0.2, 0) is 4.74 Å². The van der Waals surface area contributed by atoms with Crippen LogP contribution >= 0.6 is 27.3 Å². The average Bonchev–Trinajstić information content (AvgIpc) is 2.78. The van der Waals surface area contributed by atoms with E-state index in [1.54, 1.807) is 18.3 Å². The third-order valence-corrected chi connectivity index (χ3v) is 3.85. The zero-order valence-corrected chi connectivity index (χ0v) is 13.2. The number of anilines is 1. The summed E-state index contributed by atoms with van der Waals surface area (Å²) in [5, 5.41) is 3.18. The van der Waals surface area contributed by atoms with Crippen LogP contribution in [0.1, 0.15) is 25.6 Å². The van der Waals surface area contributed by atoms with Gasteiger partial charge in [-0.15, -0.1) is 11.3 Å². The number of carbonyl (C=O) groups excluding carboxylic acids is 2. The van der Waals surface area contributed by atoms with Crippen molar-refractivity contribution in [1.82, 2.24) is 4.98 Å². The maximum Gasteiger partial charge on any atom is 0.340 e. The Kier molecular flexibility index (Phi) is 4.51. The third-order valence-electron chi connectivity index (χ3n) is 2.45. The van der Waals surface area contributed by atoms with Gasteiger partial charge in [0, 0.05) is 21.7 Å². The summed E-state index contributed by atoms with van der Waals surface area (Å²) in [6.45, 7) is 1.85. The molecule has 2 aromatic heterocycles. The smallest absolute Gasteiger partial charge is 0.340 e. The number of amides is 1. The molecular formula is C13H11BrN2O3S. The van der Waals surface area contributed by atoms with Crippen LogP contribution in [0.4, 0.5) is 5.00 Å². The minimum atomic E-state index is -0.475. The number of nitrogens with one attached hydrogen (secondary N) is 1. The normalized spacial score (nSPS) is 10.2. The lowest BCUT2D eigenvalue weighted by atomic mass is 10.2. The Morgan fingerprint density at radius 3 is 2.75 bits per heavy atom. The zero-order valence-electron chi connectivity index (χ0n) is 10.8. The van der Waals surface area contributed by atoms with E-state index in [2.05, 4.69) is 26.2 Å². The number of aromatic nitrogens is 1. The summed E-state index contributed by atoms with van der Waals surface area (Å²) in [5.74, 6) is -0.803. The highest BCUT2D eigenvalue weighted by Gasteiger charge is 2.18. The molecule has 0 aliphatic carbocycles. The first-order valence-electron chi connectivity index (χ1n) is 5.62. The number of pyridine rings is 1. The number of halogens is 1. The molecule has 2 heterocycles. The average molecular weight is 355 g/mol. The van der Waals surface area contributed by atoms with Gasteiger partial charge in [0.15, 0.2) is 0 Å². The molecule has 7 heteroatoms. The first-order chi connectivity index (χ1) is 9.51. The molecular weight excluding hydrogens is 344 g/mol. The molecule has 0 saturated carbocycles. The van der Waals surface area contributed by atoms with E-state index < -0.39 is 5.97 Å². The predicted molar refractivity (Wildman–Crippen MR) is 80.3 cm³/mol. The van der Waals surface area contributed by atoms with Crippen molar-refractivity contribution in [2.75, 3.05) is 12.4 Å². The molecule has 0 spiro atoms. The summed E-state index contributed by atoms with van der Waals surface area (Å²) in [6, 6.07) is 3.34. The molecule has 0 saturated heterocycles. The fourth-order valence-corrected chi connectivity index (χ4v) is 2.84. The Morgan fingerprint density at radius 1 is 1.35 bits per heavy atom. The minimum Gasteiger partial charge on any atom is -0.465 e. The maximum atomic E-state index is 12.1. The Bertz CT molecular complexity index is 669. The number of methoxy groups -OCH3 is 1. The van der Waals surface area contributed by atoms with Gasteiger partial charge in [0.25, 0.3) is 5.91 Å². The van der Waals surface area contributed by atoms with Crippen LogP contribution in [0, 0.1) is 6.92 Å². The Labute approximate surface area is 128 Å². The van der Waals surface area contributed by atoms with Crippen LogP contribution in [0.2, 0.25) is 0 Å². The van der Waals surface area contributed by atoms with Gasteiger partial charge in [0.1, 0.15) is 5.00 Å². The molecule has 2 rings (SSSR count). The van der Waals surface area contributed by atoms with E-state index >= 15 is 0 Å². The molecule has 5 nitrogen and oxygen atoms in total. The van der Waals surface area contributed by atoms with Gasteiger partial charge in [-0.25, -0.2) is 4.79 Å². The number of hydrogen-bond donors (Lipinski definition) is 1. The van der Waals surface area contributed by atoms with Crippen LogP contribution in [0.15, 0.2) is 29.0 Å². The van der Waals surface area contributed by atoms with Crippen molar-refractivity contribution >= 4 is 44.1 Å². The van der Waals surface area contributed by atoms with E-state index in [1.165, 1.54) is 24.6 Å². The van der Waals surface area contributed by atoms with Gasteiger partial charge in [-0.2, -0.15) is 0 Å². The van der Waals surface area contributed by atoms with Crippen molar-refractivity contribution in [2.24, 2.45) is 0 Å². The molecule has 0 aliphatic rings. The zero-order chi connectivity index (χ0) is 14.7. The second-order valence-electron chi connectivity index (χ2n) is 3.94. The highest BCUT2D eigenvalue weighted by atomic mass is 79.9. The van der Waals surface area contributed by atoms with Gasteiger partial charge in [-0.3, -0.25) is 9.78 Å². The number of rotatable bonds is 3. The summed E-state index contributed by atoms with van der Waals surface area (Å²) < 4.78 is 5.40. The summed E-state index contributed by atoms with van der Waals surface area (Å²) in [6.07, 6.45) is 3.05. The number of nitrogens with zero attached hydrogens (tertiary/aromatic N) is 1. The summed E-state index contributed by atoms with van der Waals surface area (Å²) in [4.78, 5) is 28.6. The van der Waals surface area contributed by atoms with E-state index in [1.807, 2.05) is 6.92 Å². The molecule has 0 bridgehead atoms. The molecule has 0 radical (unpaired) electrons. The van der Waals surface area contributed by atoms with Gasteiger partial charge in [-0.1, -0.05) is 0 Å². The maximum absolute atomic E-state index is 12.1. The standard InChI is InChI=1S/C13H11BrN2O3S/c1-7-3-10(13(18)19-2)12(20-7)16-11(17)8-4-9(14)6-15-5-8/h3-6H,1-2H3,(H,16,17). The van der Waals surface area contributed by atoms with Crippen LogP contribution < -0.4 is 5.32 Å². The van der Waals surface area contributed by atoms with Gasteiger partial charge in [-0.05, 0) is 35.0 Å². The lowest BCUT2D eigenvalue weighted by Crippen LogP contribution is -2.14. The van der Waals surface area contributed by atoms with Gasteiger partial charge >= 0.3 is 5.97 Å². The van der Waals surface area contributed by atoms with E-state index in [0.29, 0.717) is 20.6 Å². The second kappa shape index (κ2) is 6.15. The second-order valence-corrected chi connectivity index (χ2v) is 6.11. The van der Waals surface area contributed by atoms with E-state index in [0.717, 1.165) is 4.88 Å². The number of hydrogen-bond acceptors (Lipinski definition) is 5. The SMILES string of the molecule is COC(=O)c1cc(C)sc1NC(=O)c1cncc(Br)c1. The monoisotopic (exact) mass is 354 g/mol. The first kappa shape index (κ1) is 14.7. The fourth-order valence-electron chi connectivity index (χ4n) is 1.58. The Morgan fingerprint density at radius 2 is 2.10 bits per heavy atom. The Balaban J connectivity index is 2.26. The molecule has 0 aliphatic heterocycles. The van der Waals surface area contributed by atoms with Crippen molar-refractivity contribution in [3.8, 4) is 0 Å². The van der Waals surface area contributed by atoms with Crippen LogP contribution in [0.3, 0.4) is 0 Å². The quantitative estimate of drug-likeness (QED) is 0.859. The third kappa shape index (κ3) is 3.23. The highest BCUT2D eigenvalue weighted by Crippen LogP contribution is 2.28. The Hall–Kier alpha value is -1.73. The molecule has 1 N–H and O–H groups in total. The van der Waals surface area contributed by atoms with Crippen molar-refractivity contribution in [3.63, 3.8) is 0 Å². The number of aryl methyl sites for hydroxylation is 1. The number of carbonyl (C=O) groups is 2. The van der Waals surface area contributed by atoms with E-state index in [4.69, 9.17) is 4.74 Å². The lowest BCUT2D eigenvalue weighted by Gasteiger charge is -2.05. The molecule has 104 valence electrons. The topological polar surface area (TPSA) is 68.3 Å². The number of esters is 1. The van der Waals surface area contributed by atoms with Crippen LogP contribution in [-0.4, -0.2) is 24.0 Å². The van der Waals surface area contributed by atoms with Crippen LogP contribution in [0.25, 0.3) is 0 Å². The molecule has 0 aromatic carbocycles. The van der Waals surface area contributed by atoms with Crippen molar-refractivity contribution in [1.29, 1.82) is 0 Å². The van der Waals surface area contributed by atoms with E-state index in [-0.39, 0.29) is 5.91 Å². The molecule has 2 aromatic rings. The van der Waals surface area contributed by atoms with Crippen molar-refractivity contribution < 1.29 is 14.3 Å². The summed E-state index contributed by atoms with van der Waals surface area (Å²) in [5.41, 5.74) is 0.757. The summed E-state index contributed by atoms with van der Waals surface area (Å²) in [7, 11) is 1.30. The first-order valence-corrected chi connectivity index (χ1v) is 7.23. The van der Waals surface area contributed by atoms with Crippen molar-refractivity contribution in [2.45, 2.75) is 6.92 Å². The minimum absolute atomic E-state index is 0.328. The number of ether oxygens (including phenoxy) is 1. The largest absolute Gasteiger partial charge is 0.465 e. The van der Waals surface area contributed by atoms with Gasteiger partial charge in [0.2, 0.25) is 0 Å².